The first kappa shape index (κ1) is 14.4. The number of carbonyl (C=O) groups excluding carboxylic acids is 1. The molecule has 0 saturated heterocycles. The standard InChI is InChI=1S/C10H12BrN3O4/c1-18-5-4-12-10(15)13-8-3-2-7(11)6-9(8)14(16)17/h2-3,6H,4-5H2,1H3,(H2,12,13,15). The largest absolute Gasteiger partial charge is 0.383 e. The monoisotopic (exact) mass is 317 g/mol. The molecule has 0 atom stereocenters. The van der Waals surface area contributed by atoms with E-state index in [-0.39, 0.29) is 11.4 Å². The minimum absolute atomic E-state index is 0.137. The number of nitro groups is 1. The van der Waals surface area contributed by atoms with Crippen molar-refractivity contribution >= 4 is 33.3 Å². The molecule has 0 saturated carbocycles. The van der Waals surface area contributed by atoms with Crippen LogP contribution in [0.25, 0.3) is 0 Å². The van der Waals surface area contributed by atoms with Crippen molar-refractivity contribution in [3.05, 3.63) is 32.8 Å². The second kappa shape index (κ2) is 6.92. The lowest BCUT2D eigenvalue weighted by atomic mass is 10.3. The van der Waals surface area contributed by atoms with Gasteiger partial charge in [-0.2, -0.15) is 0 Å². The van der Waals surface area contributed by atoms with Gasteiger partial charge in [-0.25, -0.2) is 4.79 Å². The molecule has 0 fully saturated rings. The van der Waals surface area contributed by atoms with Crippen molar-refractivity contribution in [1.82, 2.24) is 5.32 Å². The first-order chi connectivity index (χ1) is 8.54. The number of halogens is 1. The number of hydrogen-bond acceptors (Lipinski definition) is 4. The number of rotatable bonds is 5. The number of ether oxygens (including phenoxy) is 1. The fourth-order valence-corrected chi connectivity index (χ4v) is 1.54. The maximum atomic E-state index is 11.4. The third kappa shape index (κ3) is 4.30. The Balaban J connectivity index is 2.72. The van der Waals surface area contributed by atoms with E-state index in [9.17, 15) is 14.9 Å². The molecular formula is C10H12BrN3O4. The number of amides is 2. The topological polar surface area (TPSA) is 93.5 Å². The van der Waals surface area contributed by atoms with E-state index >= 15 is 0 Å². The first-order valence-electron chi connectivity index (χ1n) is 5.02. The number of carbonyl (C=O) groups is 1. The van der Waals surface area contributed by atoms with Gasteiger partial charge in [0, 0.05) is 24.2 Å². The van der Waals surface area contributed by atoms with Crippen LogP contribution in [-0.2, 0) is 4.74 Å². The Morgan fingerprint density at radius 1 is 1.56 bits per heavy atom. The van der Waals surface area contributed by atoms with Gasteiger partial charge in [0.05, 0.1) is 11.5 Å². The minimum Gasteiger partial charge on any atom is -0.383 e. The van der Waals surface area contributed by atoms with Gasteiger partial charge in [-0.1, -0.05) is 15.9 Å². The maximum absolute atomic E-state index is 11.4. The van der Waals surface area contributed by atoms with Crippen LogP contribution in [0.15, 0.2) is 22.7 Å². The van der Waals surface area contributed by atoms with Gasteiger partial charge in [0.15, 0.2) is 0 Å². The Bertz CT molecular complexity index is 453. The Labute approximate surface area is 112 Å². The zero-order valence-corrected chi connectivity index (χ0v) is 11.2. The van der Waals surface area contributed by atoms with E-state index < -0.39 is 11.0 Å². The first-order valence-corrected chi connectivity index (χ1v) is 5.81. The summed E-state index contributed by atoms with van der Waals surface area (Å²) in [6, 6.07) is 3.87. The molecule has 1 aromatic carbocycles. The van der Waals surface area contributed by atoms with Gasteiger partial charge in [0.1, 0.15) is 5.69 Å². The number of urea groups is 1. The van der Waals surface area contributed by atoms with Crippen molar-refractivity contribution in [2.75, 3.05) is 25.6 Å². The van der Waals surface area contributed by atoms with Crippen LogP contribution in [0.4, 0.5) is 16.2 Å². The van der Waals surface area contributed by atoms with Gasteiger partial charge in [-0.3, -0.25) is 10.1 Å². The number of nitrogens with one attached hydrogen (secondary N) is 2. The van der Waals surface area contributed by atoms with Gasteiger partial charge < -0.3 is 15.4 Å². The third-order valence-corrected chi connectivity index (χ3v) is 2.49. The zero-order chi connectivity index (χ0) is 13.5. The average Bonchev–Trinajstić information content (AvgIpc) is 2.31. The van der Waals surface area contributed by atoms with Crippen LogP contribution < -0.4 is 10.6 Å². The molecule has 98 valence electrons. The molecule has 8 heteroatoms. The van der Waals surface area contributed by atoms with Gasteiger partial charge >= 0.3 is 6.03 Å². The lowest BCUT2D eigenvalue weighted by Crippen LogP contribution is -2.31. The molecule has 2 amide bonds. The molecule has 2 N–H and O–H groups in total. The minimum atomic E-state index is -0.560. The number of methoxy groups -OCH3 is 1. The molecular weight excluding hydrogens is 306 g/mol. The van der Waals surface area contributed by atoms with Crippen LogP contribution in [-0.4, -0.2) is 31.2 Å². The summed E-state index contributed by atoms with van der Waals surface area (Å²) in [5.41, 5.74) is -0.0376. The summed E-state index contributed by atoms with van der Waals surface area (Å²) in [7, 11) is 1.51. The molecule has 0 heterocycles. The molecule has 18 heavy (non-hydrogen) atoms. The van der Waals surface area contributed by atoms with Crippen LogP contribution in [0.5, 0.6) is 0 Å². The molecule has 0 spiro atoms. The van der Waals surface area contributed by atoms with E-state index in [2.05, 4.69) is 26.6 Å². The van der Waals surface area contributed by atoms with Gasteiger partial charge in [-0.15, -0.1) is 0 Å². The highest BCUT2D eigenvalue weighted by Crippen LogP contribution is 2.27. The fraction of sp³-hybridized carbons (Fsp3) is 0.300. The van der Waals surface area contributed by atoms with E-state index in [1.165, 1.54) is 19.2 Å². The highest BCUT2D eigenvalue weighted by atomic mass is 79.9. The van der Waals surface area contributed by atoms with Crippen LogP contribution in [0, 0.1) is 10.1 Å². The second-order valence-electron chi connectivity index (χ2n) is 3.29. The number of anilines is 1. The molecule has 1 rings (SSSR count). The second-order valence-corrected chi connectivity index (χ2v) is 4.21. The molecule has 0 radical (unpaired) electrons. The lowest BCUT2D eigenvalue weighted by molar-refractivity contribution is -0.384. The van der Waals surface area contributed by atoms with Crippen LogP contribution in [0.3, 0.4) is 0 Å². The third-order valence-electron chi connectivity index (χ3n) is 2.00. The summed E-state index contributed by atoms with van der Waals surface area (Å²) < 4.78 is 5.33. The van der Waals surface area contributed by atoms with Crippen LogP contribution in [0.2, 0.25) is 0 Å². The van der Waals surface area contributed by atoms with Gasteiger partial charge in [-0.05, 0) is 12.1 Å². The van der Waals surface area contributed by atoms with Crippen molar-refractivity contribution in [1.29, 1.82) is 0 Å². The molecule has 0 aliphatic heterocycles. The fourth-order valence-electron chi connectivity index (χ4n) is 1.19. The van der Waals surface area contributed by atoms with Crippen molar-refractivity contribution in [3.8, 4) is 0 Å². The molecule has 1 aromatic rings. The van der Waals surface area contributed by atoms with E-state index in [4.69, 9.17) is 4.74 Å². The predicted molar refractivity (Wildman–Crippen MR) is 69.7 cm³/mol. The number of nitrogens with zero attached hydrogens (tertiary/aromatic N) is 1. The average molecular weight is 318 g/mol. The van der Waals surface area contributed by atoms with Crippen molar-refractivity contribution in [2.24, 2.45) is 0 Å². The highest BCUT2D eigenvalue weighted by Gasteiger charge is 2.15. The SMILES string of the molecule is COCCNC(=O)Nc1ccc(Br)cc1[N+](=O)[O-]. The number of benzene rings is 1. The highest BCUT2D eigenvalue weighted by molar-refractivity contribution is 9.10. The van der Waals surface area contributed by atoms with Crippen molar-refractivity contribution in [3.63, 3.8) is 0 Å². The zero-order valence-electron chi connectivity index (χ0n) is 9.60. The van der Waals surface area contributed by atoms with Crippen LogP contribution in [0.1, 0.15) is 0 Å². The van der Waals surface area contributed by atoms with E-state index in [0.29, 0.717) is 17.6 Å². The van der Waals surface area contributed by atoms with Crippen molar-refractivity contribution in [2.45, 2.75) is 0 Å². The van der Waals surface area contributed by atoms with Crippen LogP contribution >= 0.6 is 15.9 Å². The van der Waals surface area contributed by atoms with E-state index in [1.807, 2.05) is 0 Å². The molecule has 0 aliphatic rings. The van der Waals surface area contributed by atoms with Crippen molar-refractivity contribution < 1.29 is 14.5 Å². The quantitative estimate of drug-likeness (QED) is 0.494. The normalized spacial score (nSPS) is 9.89. The summed E-state index contributed by atoms with van der Waals surface area (Å²) in [5.74, 6) is 0. The van der Waals surface area contributed by atoms with E-state index in [1.54, 1.807) is 6.07 Å². The Morgan fingerprint density at radius 2 is 2.28 bits per heavy atom. The molecule has 0 aliphatic carbocycles. The summed E-state index contributed by atoms with van der Waals surface area (Å²) in [4.78, 5) is 21.7. The Morgan fingerprint density at radius 3 is 2.89 bits per heavy atom. The Hall–Kier alpha value is -1.67. The lowest BCUT2D eigenvalue weighted by Gasteiger charge is -2.07. The molecule has 0 unspecified atom stereocenters. The summed E-state index contributed by atoms with van der Waals surface area (Å²) >= 11 is 3.13. The van der Waals surface area contributed by atoms with Gasteiger partial charge in [0.25, 0.3) is 5.69 Å². The number of nitro benzene ring substituents is 1. The van der Waals surface area contributed by atoms with Gasteiger partial charge in [0.2, 0.25) is 0 Å². The maximum Gasteiger partial charge on any atom is 0.319 e. The number of hydrogen-bond donors (Lipinski definition) is 2. The summed E-state index contributed by atoms with van der Waals surface area (Å²) in [6.07, 6.45) is 0. The summed E-state index contributed by atoms with van der Waals surface area (Å²) in [5, 5.41) is 15.7. The molecule has 0 bridgehead atoms. The molecule has 7 nitrogen and oxygen atoms in total. The van der Waals surface area contributed by atoms with E-state index in [0.717, 1.165) is 0 Å². The smallest absolute Gasteiger partial charge is 0.319 e. The summed E-state index contributed by atoms with van der Waals surface area (Å²) in [6.45, 7) is 0.697. The Kier molecular flexibility index (Phi) is 5.53. The molecule has 0 aromatic heterocycles. The predicted octanol–water partition coefficient (Wildman–Crippen LogP) is 2.13.